The third-order valence-electron chi connectivity index (χ3n) is 4.70. The summed E-state index contributed by atoms with van der Waals surface area (Å²) in [5, 5.41) is 6.52. The smallest absolute Gasteiger partial charge is 0.260 e. The lowest BCUT2D eigenvalue weighted by Gasteiger charge is -2.40. The van der Waals surface area contributed by atoms with Gasteiger partial charge < -0.3 is 0 Å². The molecule has 1 aromatic rings. The number of H-pyrrole nitrogens is 1. The van der Waals surface area contributed by atoms with Crippen LogP contribution in [0.4, 0.5) is 0 Å². The van der Waals surface area contributed by atoms with E-state index in [-0.39, 0.29) is 10.9 Å². The van der Waals surface area contributed by atoms with Crippen LogP contribution in [0.1, 0.15) is 45.1 Å². The van der Waals surface area contributed by atoms with E-state index < -0.39 is 10.0 Å². The van der Waals surface area contributed by atoms with E-state index in [0.29, 0.717) is 24.1 Å². The molecule has 2 rings (SSSR count). The molecule has 0 spiro atoms. The molecule has 114 valence electrons. The number of sulfonamides is 1. The molecule has 20 heavy (non-hydrogen) atoms. The maximum atomic E-state index is 12.6. The first kappa shape index (κ1) is 15.8. The van der Waals surface area contributed by atoms with Gasteiger partial charge in [0.25, 0.3) is 10.0 Å². The Morgan fingerprint density at radius 2 is 1.95 bits per heavy atom. The van der Waals surface area contributed by atoms with Crippen molar-refractivity contribution in [1.82, 2.24) is 14.5 Å². The molecule has 2 heterocycles. The second-order valence-corrected chi connectivity index (χ2v) is 7.61. The lowest BCUT2D eigenvalue weighted by atomic mass is 9.75. The molecule has 1 aliphatic rings. The predicted molar refractivity (Wildman–Crippen MR) is 79.2 cm³/mol. The molecular formula is C13H22ClN3O2S. The van der Waals surface area contributed by atoms with Crippen molar-refractivity contribution >= 4 is 21.6 Å². The Balaban J connectivity index is 2.18. The van der Waals surface area contributed by atoms with Crippen LogP contribution < -0.4 is 0 Å². The summed E-state index contributed by atoms with van der Waals surface area (Å²) in [7, 11) is -3.50. The van der Waals surface area contributed by atoms with Crippen LogP contribution in [0, 0.1) is 5.41 Å². The number of hydrogen-bond donors (Lipinski definition) is 1. The van der Waals surface area contributed by atoms with Crippen molar-refractivity contribution in [3.8, 4) is 0 Å². The van der Waals surface area contributed by atoms with E-state index >= 15 is 0 Å². The Hall–Kier alpha value is -0.590. The van der Waals surface area contributed by atoms with Crippen LogP contribution in [0.25, 0.3) is 0 Å². The zero-order valence-electron chi connectivity index (χ0n) is 12.0. The lowest BCUT2D eigenvalue weighted by molar-refractivity contribution is 0.141. The number of aromatic amines is 1. The molecule has 5 nitrogen and oxygen atoms in total. The van der Waals surface area contributed by atoms with Gasteiger partial charge in [0.2, 0.25) is 0 Å². The number of piperidine rings is 1. The maximum Gasteiger partial charge on any atom is 0.260 e. The van der Waals surface area contributed by atoms with E-state index in [1.54, 1.807) is 4.31 Å². The Morgan fingerprint density at radius 3 is 2.45 bits per heavy atom. The minimum Gasteiger partial charge on any atom is -0.266 e. The number of nitrogens with one attached hydrogen (secondary N) is 1. The molecule has 0 unspecified atom stereocenters. The highest BCUT2D eigenvalue weighted by atomic mass is 35.5. The van der Waals surface area contributed by atoms with Crippen molar-refractivity contribution in [2.24, 2.45) is 5.41 Å². The van der Waals surface area contributed by atoms with Crippen LogP contribution in [-0.2, 0) is 15.9 Å². The van der Waals surface area contributed by atoms with Gasteiger partial charge in [-0.3, -0.25) is 5.10 Å². The largest absolute Gasteiger partial charge is 0.266 e. The first-order chi connectivity index (χ1) is 9.49. The summed E-state index contributed by atoms with van der Waals surface area (Å²) < 4.78 is 26.8. The van der Waals surface area contributed by atoms with Gasteiger partial charge in [0.1, 0.15) is 0 Å². The van der Waals surface area contributed by atoms with E-state index in [9.17, 15) is 8.42 Å². The number of rotatable bonds is 5. The van der Waals surface area contributed by atoms with E-state index in [2.05, 4.69) is 24.0 Å². The molecular weight excluding hydrogens is 298 g/mol. The van der Waals surface area contributed by atoms with Crippen molar-refractivity contribution in [3.05, 3.63) is 11.8 Å². The van der Waals surface area contributed by atoms with Crippen LogP contribution in [0.15, 0.2) is 11.2 Å². The standard InChI is InChI=1S/C13H22ClN3O2S/c1-3-13(4-2)5-7-17(8-6-13)20(18,19)12-11(9-14)10-15-16-12/h10H,3-9H2,1-2H3,(H,15,16). The SMILES string of the molecule is CCC1(CC)CCN(S(=O)(=O)c2[nH]ncc2CCl)CC1. The maximum absolute atomic E-state index is 12.6. The summed E-state index contributed by atoms with van der Waals surface area (Å²) in [6.07, 6.45) is 5.53. The lowest BCUT2D eigenvalue weighted by Crippen LogP contribution is -2.43. The highest BCUT2D eigenvalue weighted by Crippen LogP contribution is 2.39. The monoisotopic (exact) mass is 319 g/mol. The van der Waals surface area contributed by atoms with E-state index in [1.165, 1.54) is 6.20 Å². The van der Waals surface area contributed by atoms with Crippen molar-refractivity contribution in [2.45, 2.75) is 50.4 Å². The van der Waals surface area contributed by atoms with Crippen LogP contribution in [0.5, 0.6) is 0 Å². The minimum atomic E-state index is -3.50. The van der Waals surface area contributed by atoms with E-state index in [0.717, 1.165) is 25.7 Å². The number of halogens is 1. The first-order valence-electron chi connectivity index (χ1n) is 7.07. The van der Waals surface area contributed by atoms with Crippen molar-refractivity contribution in [1.29, 1.82) is 0 Å². The van der Waals surface area contributed by atoms with Gasteiger partial charge in [-0.15, -0.1) is 11.6 Å². The third-order valence-corrected chi connectivity index (χ3v) is 6.91. The van der Waals surface area contributed by atoms with Gasteiger partial charge in [0, 0.05) is 18.7 Å². The Morgan fingerprint density at radius 1 is 1.35 bits per heavy atom. The van der Waals surface area contributed by atoms with Gasteiger partial charge in [-0.1, -0.05) is 26.7 Å². The summed E-state index contributed by atoms with van der Waals surface area (Å²) in [6.45, 7) is 5.53. The normalized spacial score (nSPS) is 20.1. The molecule has 1 N–H and O–H groups in total. The molecule has 1 saturated heterocycles. The molecule has 0 aromatic carbocycles. The third kappa shape index (κ3) is 2.73. The molecule has 0 radical (unpaired) electrons. The highest BCUT2D eigenvalue weighted by molar-refractivity contribution is 7.89. The highest BCUT2D eigenvalue weighted by Gasteiger charge is 2.37. The molecule has 0 bridgehead atoms. The zero-order chi connectivity index (χ0) is 14.8. The van der Waals surface area contributed by atoms with E-state index in [1.807, 2.05) is 0 Å². The molecule has 1 fully saturated rings. The van der Waals surface area contributed by atoms with Gasteiger partial charge >= 0.3 is 0 Å². The van der Waals surface area contributed by atoms with Gasteiger partial charge in [-0.25, -0.2) is 8.42 Å². The van der Waals surface area contributed by atoms with Gasteiger partial charge in [0.05, 0.1) is 12.1 Å². The Kier molecular flexibility index (Phi) is 4.76. The second kappa shape index (κ2) is 6.03. The summed E-state index contributed by atoms with van der Waals surface area (Å²) in [6, 6.07) is 0. The number of aromatic nitrogens is 2. The van der Waals surface area contributed by atoms with Gasteiger partial charge in [0.15, 0.2) is 5.03 Å². The summed E-state index contributed by atoms with van der Waals surface area (Å²) in [4.78, 5) is 0. The van der Waals surface area contributed by atoms with Crippen molar-refractivity contribution < 1.29 is 8.42 Å². The molecule has 0 atom stereocenters. The predicted octanol–water partition coefficient (Wildman–Crippen LogP) is 2.74. The topological polar surface area (TPSA) is 66.1 Å². The van der Waals surface area contributed by atoms with Crippen LogP contribution in [-0.4, -0.2) is 36.0 Å². The number of hydrogen-bond acceptors (Lipinski definition) is 3. The van der Waals surface area contributed by atoms with Gasteiger partial charge in [-0.2, -0.15) is 9.40 Å². The summed E-state index contributed by atoms with van der Waals surface area (Å²) >= 11 is 5.77. The fourth-order valence-corrected chi connectivity index (χ4v) is 4.73. The second-order valence-electron chi connectivity index (χ2n) is 5.47. The van der Waals surface area contributed by atoms with Crippen LogP contribution >= 0.6 is 11.6 Å². The van der Waals surface area contributed by atoms with Gasteiger partial charge in [-0.05, 0) is 18.3 Å². The minimum absolute atomic E-state index is 0.146. The zero-order valence-corrected chi connectivity index (χ0v) is 13.6. The fraction of sp³-hybridized carbons (Fsp3) is 0.769. The van der Waals surface area contributed by atoms with E-state index in [4.69, 9.17) is 11.6 Å². The first-order valence-corrected chi connectivity index (χ1v) is 9.05. The Bertz CT molecular complexity index is 542. The quantitative estimate of drug-likeness (QED) is 0.849. The molecule has 0 aliphatic carbocycles. The average Bonchev–Trinajstić information content (AvgIpc) is 2.96. The van der Waals surface area contributed by atoms with Crippen molar-refractivity contribution in [2.75, 3.05) is 13.1 Å². The molecule has 7 heteroatoms. The fourth-order valence-electron chi connectivity index (χ4n) is 2.90. The number of alkyl halides is 1. The molecule has 1 aromatic heterocycles. The average molecular weight is 320 g/mol. The summed E-state index contributed by atoms with van der Waals surface area (Å²) in [5.74, 6) is 0.146. The number of nitrogens with zero attached hydrogens (tertiary/aromatic N) is 2. The van der Waals surface area contributed by atoms with Crippen LogP contribution in [0.2, 0.25) is 0 Å². The molecule has 0 saturated carbocycles. The Labute approximate surface area is 125 Å². The summed E-state index contributed by atoms with van der Waals surface area (Å²) in [5.41, 5.74) is 0.837. The van der Waals surface area contributed by atoms with Crippen LogP contribution in [0.3, 0.4) is 0 Å². The molecule has 1 aliphatic heterocycles. The van der Waals surface area contributed by atoms with Crippen molar-refractivity contribution in [3.63, 3.8) is 0 Å². The molecule has 0 amide bonds.